The molecule has 1 rings (SSSR count). The summed E-state index contributed by atoms with van der Waals surface area (Å²) in [4.78, 5) is 11.5. The van der Waals surface area contributed by atoms with Crippen LogP contribution in [0.25, 0.3) is 0 Å². The zero-order valence-electron chi connectivity index (χ0n) is 8.59. The fraction of sp³-hybridized carbons (Fsp3) is 0.300. The first-order chi connectivity index (χ1) is 7.54. The molecule has 1 aromatic rings. The first kappa shape index (κ1) is 13.3. The predicted octanol–water partition coefficient (Wildman–Crippen LogP) is 2.57. The van der Waals surface area contributed by atoms with Crippen molar-refractivity contribution in [2.45, 2.75) is 12.7 Å². The molecule has 0 aliphatic rings. The summed E-state index contributed by atoms with van der Waals surface area (Å²) in [7, 11) is -0.262. The lowest BCUT2D eigenvalue weighted by atomic mass is 10.2. The van der Waals surface area contributed by atoms with Gasteiger partial charge in [0, 0.05) is 4.47 Å². The van der Waals surface area contributed by atoms with E-state index in [9.17, 15) is 9.36 Å². The van der Waals surface area contributed by atoms with Crippen molar-refractivity contribution in [3.05, 3.63) is 28.7 Å². The van der Waals surface area contributed by atoms with Crippen LogP contribution in [0.3, 0.4) is 0 Å². The lowest BCUT2D eigenvalue weighted by Gasteiger charge is -2.12. The predicted molar refractivity (Wildman–Crippen MR) is 64.5 cm³/mol. The molecule has 6 heteroatoms. The van der Waals surface area contributed by atoms with Crippen molar-refractivity contribution in [3.63, 3.8) is 0 Å². The van der Waals surface area contributed by atoms with Crippen molar-refractivity contribution >= 4 is 30.4 Å². The molecule has 86 valence electrons. The standard InChI is InChI=1S/C10H11BrNO3P/c1-6(9(12)16-14)10(13)15-8-4-2-7(11)3-5-8/h2-6,9H,12H2,1H3. The van der Waals surface area contributed by atoms with Gasteiger partial charge in [-0.25, -0.2) is 0 Å². The van der Waals surface area contributed by atoms with Gasteiger partial charge in [0.2, 0.25) is 0 Å². The summed E-state index contributed by atoms with van der Waals surface area (Å²) in [5, 5.41) is 0. The molecule has 0 radical (unpaired) electrons. The van der Waals surface area contributed by atoms with Crippen molar-refractivity contribution in [1.82, 2.24) is 0 Å². The fourth-order valence-corrected chi connectivity index (χ4v) is 1.51. The fourth-order valence-electron chi connectivity index (χ4n) is 0.942. The van der Waals surface area contributed by atoms with Gasteiger partial charge in [-0.2, -0.15) is 0 Å². The van der Waals surface area contributed by atoms with Crippen molar-refractivity contribution in [2.24, 2.45) is 11.7 Å². The molecule has 0 bridgehead atoms. The van der Waals surface area contributed by atoms with Gasteiger partial charge >= 0.3 is 5.97 Å². The monoisotopic (exact) mass is 303 g/mol. The van der Waals surface area contributed by atoms with E-state index in [2.05, 4.69) is 15.9 Å². The van der Waals surface area contributed by atoms with Gasteiger partial charge in [-0.1, -0.05) is 15.9 Å². The number of nitrogens with two attached hydrogens (primary N) is 1. The summed E-state index contributed by atoms with van der Waals surface area (Å²) in [5.74, 6) is -1.39. The normalized spacial score (nSPS) is 14.4. The number of carbonyl (C=O) groups excluding carboxylic acids is 1. The number of hydrogen-bond donors (Lipinski definition) is 1. The summed E-state index contributed by atoms with van der Waals surface area (Å²) in [5.41, 5.74) is 5.46. The number of ether oxygens (including phenoxy) is 1. The molecule has 16 heavy (non-hydrogen) atoms. The van der Waals surface area contributed by atoms with Gasteiger partial charge in [0.25, 0.3) is 0 Å². The molecule has 0 heterocycles. The topological polar surface area (TPSA) is 69.4 Å². The van der Waals surface area contributed by atoms with Crippen LogP contribution in [0.15, 0.2) is 28.7 Å². The molecular weight excluding hydrogens is 293 g/mol. The van der Waals surface area contributed by atoms with Crippen LogP contribution < -0.4 is 10.5 Å². The molecule has 0 saturated heterocycles. The van der Waals surface area contributed by atoms with Crippen LogP contribution in [0.2, 0.25) is 0 Å². The molecule has 0 spiro atoms. The maximum absolute atomic E-state index is 11.5. The molecule has 1 aromatic carbocycles. The molecule has 0 aliphatic heterocycles. The number of esters is 1. The van der Waals surface area contributed by atoms with E-state index in [1.807, 2.05) is 0 Å². The van der Waals surface area contributed by atoms with Crippen LogP contribution in [-0.4, -0.2) is 11.8 Å². The van der Waals surface area contributed by atoms with Crippen molar-refractivity contribution in [1.29, 1.82) is 0 Å². The Labute approximate surface area is 103 Å². The molecule has 0 aliphatic carbocycles. The zero-order valence-corrected chi connectivity index (χ0v) is 11.1. The van der Waals surface area contributed by atoms with Crippen LogP contribution in [0.4, 0.5) is 0 Å². The third-order valence-corrected chi connectivity index (χ3v) is 3.26. The van der Waals surface area contributed by atoms with Gasteiger partial charge in [-0.05, 0) is 31.2 Å². The second kappa shape index (κ2) is 6.09. The lowest BCUT2D eigenvalue weighted by Crippen LogP contribution is -2.31. The summed E-state index contributed by atoms with van der Waals surface area (Å²) in [6.45, 7) is 1.58. The SMILES string of the molecule is CC(C(=O)Oc1ccc(Br)cc1)C(N)P=O. The summed E-state index contributed by atoms with van der Waals surface area (Å²) in [6.07, 6.45) is 0. The maximum Gasteiger partial charge on any atom is 0.316 e. The largest absolute Gasteiger partial charge is 0.426 e. The lowest BCUT2D eigenvalue weighted by molar-refractivity contribution is -0.138. The third-order valence-electron chi connectivity index (χ3n) is 2.04. The third kappa shape index (κ3) is 3.67. The molecule has 0 saturated carbocycles. The van der Waals surface area contributed by atoms with E-state index in [-0.39, 0.29) is 8.46 Å². The number of halogens is 1. The van der Waals surface area contributed by atoms with Gasteiger partial charge in [0.05, 0.1) is 11.7 Å². The van der Waals surface area contributed by atoms with Crippen molar-refractivity contribution in [3.8, 4) is 5.75 Å². The van der Waals surface area contributed by atoms with E-state index < -0.39 is 17.7 Å². The van der Waals surface area contributed by atoms with Gasteiger partial charge in [0.1, 0.15) is 5.75 Å². The number of benzene rings is 1. The van der Waals surface area contributed by atoms with Gasteiger partial charge < -0.3 is 10.5 Å². The smallest absolute Gasteiger partial charge is 0.316 e. The average molecular weight is 304 g/mol. The van der Waals surface area contributed by atoms with Gasteiger partial charge in [-0.15, -0.1) is 0 Å². The van der Waals surface area contributed by atoms with E-state index in [0.717, 1.165) is 4.47 Å². The number of carbonyl (C=O) groups is 1. The Morgan fingerprint density at radius 1 is 1.44 bits per heavy atom. The molecule has 2 unspecified atom stereocenters. The Bertz CT molecular complexity index is 382. The maximum atomic E-state index is 11.5. The Morgan fingerprint density at radius 2 is 2.00 bits per heavy atom. The highest BCUT2D eigenvalue weighted by molar-refractivity contribution is 9.10. The van der Waals surface area contributed by atoms with Crippen LogP contribution >= 0.6 is 24.4 Å². The summed E-state index contributed by atoms with van der Waals surface area (Å²) < 4.78 is 16.5. The Kier molecular flexibility index (Phi) is 5.06. The molecule has 2 atom stereocenters. The highest BCUT2D eigenvalue weighted by Crippen LogP contribution is 2.19. The van der Waals surface area contributed by atoms with Crippen molar-refractivity contribution < 1.29 is 14.1 Å². The molecule has 0 fully saturated rings. The molecule has 4 nitrogen and oxygen atoms in total. The average Bonchev–Trinajstić information content (AvgIpc) is 2.30. The summed E-state index contributed by atoms with van der Waals surface area (Å²) in [6, 6.07) is 6.85. The quantitative estimate of drug-likeness (QED) is 0.527. The van der Waals surface area contributed by atoms with E-state index in [1.165, 1.54) is 0 Å². The zero-order chi connectivity index (χ0) is 12.1. The molecule has 2 N–H and O–H groups in total. The molecule has 0 aromatic heterocycles. The second-order valence-electron chi connectivity index (χ2n) is 3.26. The van der Waals surface area contributed by atoms with Gasteiger partial charge in [-0.3, -0.25) is 9.36 Å². The Balaban J connectivity index is 2.64. The summed E-state index contributed by atoms with van der Waals surface area (Å²) >= 11 is 3.27. The second-order valence-corrected chi connectivity index (χ2v) is 4.98. The van der Waals surface area contributed by atoms with Crippen LogP contribution in [0, 0.1) is 5.92 Å². The van der Waals surface area contributed by atoms with E-state index in [0.29, 0.717) is 5.75 Å². The minimum absolute atomic E-state index is 0.262. The highest BCUT2D eigenvalue weighted by Gasteiger charge is 2.22. The first-order valence-electron chi connectivity index (χ1n) is 4.60. The Morgan fingerprint density at radius 3 is 2.50 bits per heavy atom. The van der Waals surface area contributed by atoms with Crippen LogP contribution in [-0.2, 0) is 9.36 Å². The minimum Gasteiger partial charge on any atom is -0.426 e. The number of hydrogen-bond acceptors (Lipinski definition) is 4. The van der Waals surface area contributed by atoms with E-state index in [1.54, 1.807) is 31.2 Å². The van der Waals surface area contributed by atoms with Crippen LogP contribution in [0.5, 0.6) is 5.75 Å². The van der Waals surface area contributed by atoms with E-state index in [4.69, 9.17) is 10.5 Å². The van der Waals surface area contributed by atoms with Crippen LogP contribution in [0.1, 0.15) is 6.92 Å². The number of rotatable bonds is 4. The highest BCUT2D eigenvalue weighted by atomic mass is 79.9. The minimum atomic E-state index is -0.733. The molecule has 0 amide bonds. The van der Waals surface area contributed by atoms with Gasteiger partial charge in [0.15, 0.2) is 8.46 Å². The molecular formula is C10H11BrNO3P. The van der Waals surface area contributed by atoms with E-state index >= 15 is 0 Å². The Hall–Kier alpha value is -0.770. The first-order valence-corrected chi connectivity index (χ1v) is 6.27. The van der Waals surface area contributed by atoms with Crippen molar-refractivity contribution in [2.75, 3.05) is 0 Å².